The lowest BCUT2D eigenvalue weighted by molar-refractivity contribution is -0.160. The second-order valence-electron chi connectivity index (χ2n) is 5.52. The van der Waals surface area contributed by atoms with Gasteiger partial charge in [-0.15, -0.1) is 0 Å². The zero-order chi connectivity index (χ0) is 13.4. The van der Waals surface area contributed by atoms with Crippen molar-refractivity contribution in [3.8, 4) is 0 Å². The summed E-state index contributed by atoms with van der Waals surface area (Å²) < 4.78 is 10.8. The molecule has 1 aliphatic carbocycles. The van der Waals surface area contributed by atoms with Crippen LogP contribution >= 0.6 is 0 Å². The zero-order valence-corrected chi connectivity index (χ0v) is 12.2. The number of hydrogen-bond donors (Lipinski definition) is 0. The standard InChI is InChI=1S/C15H28O3/c1-4-6-8-13(5-2)12-18-15(9-7-10-15)11-14(16)17-3/h13H,4-12H2,1-3H3. The summed E-state index contributed by atoms with van der Waals surface area (Å²) in [5.74, 6) is 0.497. The average molecular weight is 256 g/mol. The smallest absolute Gasteiger partial charge is 0.308 e. The van der Waals surface area contributed by atoms with E-state index in [0.29, 0.717) is 12.3 Å². The molecule has 0 N–H and O–H groups in total. The Morgan fingerprint density at radius 2 is 2.06 bits per heavy atom. The largest absolute Gasteiger partial charge is 0.469 e. The molecule has 0 aromatic heterocycles. The van der Waals surface area contributed by atoms with Crippen molar-refractivity contribution in [1.29, 1.82) is 0 Å². The molecule has 0 aromatic rings. The summed E-state index contributed by atoms with van der Waals surface area (Å²) in [6, 6.07) is 0. The predicted molar refractivity (Wildman–Crippen MR) is 72.5 cm³/mol. The van der Waals surface area contributed by atoms with E-state index in [1.54, 1.807) is 0 Å². The molecule has 0 aliphatic heterocycles. The van der Waals surface area contributed by atoms with E-state index in [4.69, 9.17) is 9.47 Å². The van der Waals surface area contributed by atoms with E-state index >= 15 is 0 Å². The summed E-state index contributed by atoms with van der Waals surface area (Å²) in [5, 5.41) is 0. The van der Waals surface area contributed by atoms with Crippen molar-refractivity contribution in [2.24, 2.45) is 5.92 Å². The predicted octanol–water partition coefficient (Wildman–Crippen LogP) is 3.71. The molecule has 1 rings (SSSR count). The molecular formula is C15H28O3. The molecule has 1 saturated carbocycles. The topological polar surface area (TPSA) is 35.5 Å². The van der Waals surface area contributed by atoms with Crippen molar-refractivity contribution in [1.82, 2.24) is 0 Å². The van der Waals surface area contributed by atoms with E-state index in [9.17, 15) is 4.79 Å². The first-order valence-electron chi connectivity index (χ1n) is 7.36. The van der Waals surface area contributed by atoms with Gasteiger partial charge in [-0.2, -0.15) is 0 Å². The number of hydrogen-bond acceptors (Lipinski definition) is 3. The van der Waals surface area contributed by atoms with E-state index in [2.05, 4.69) is 13.8 Å². The van der Waals surface area contributed by atoms with Gasteiger partial charge in [0.2, 0.25) is 0 Å². The number of ether oxygens (including phenoxy) is 2. The Kier molecular flexibility index (Phi) is 6.69. The third-order valence-electron chi connectivity index (χ3n) is 4.13. The van der Waals surface area contributed by atoms with Gasteiger partial charge in [0.25, 0.3) is 0 Å². The normalized spacial score (nSPS) is 19.1. The van der Waals surface area contributed by atoms with E-state index in [0.717, 1.165) is 25.9 Å². The fourth-order valence-electron chi connectivity index (χ4n) is 2.47. The molecule has 0 radical (unpaired) electrons. The first-order valence-corrected chi connectivity index (χ1v) is 7.36. The first kappa shape index (κ1) is 15.5. The minimum atomic E-state index is -0.202. The zero-order valence-electron chi connectivity index (χ0n) is 12.2. The number of carbonyl (C=O) groups excluding carboxylic acids is 1. The highest BCUT2D eigenvalue weighted by molar-refractivity contribution is 5.70. The maximum Gasteiger partial charge on any atom is 0.308 e. The highest BCUT2D eigenvalue weighted by Crippen LogP contribution is 2.39. The van der Waals surface area contributed by atoms with Gasteiger partial charge in [0.1, 0.15) is 0 Å². The van der Waals surface area contributed by atoms with Crippen molar-refractivity contribution < 1.29 is 14.3 Å². The van der Waals surface area contributed by atoms with E-state index < -0.39 is 0 Å². The van der Waals surface area contributed by atoms with Crippen LogP contribution in [0.4, 0.5) is 0 Å². The van der Waals surface area contributed by atoms with Crippen LogP contribution in [0, 0.1) is 5.92 Å². The van der Waals surface area contributed by atoms with E-state index in [1.807, 2.05) is 0 Å². The van der Waals surface area contributed by atoms with Crippen LogP contribution in [0.2, 0.25) is 0 Å². The van der Waals surface area contributed by atoms with E-state index in [-0.39, 0.29) is 11.6 Å². The molecule has 1 atom stereocenters. The van der Waals surface area contributed by atoms with Gasteiger partial charge in [0.15, 0.2) is 0 Å². The summed E-state index contributed by atoms with van der Waals surface area (Å²) in [6.45, 7) is 5.24. The first-order chi connectivity index (χ1) is 8.65. The third kappa shape index (κ3) is 4.60. The van der Waals surface area contributed by atoms with Gasteiger partial charge in [0.05, 0.1) is 25.7 Å². The molecule has 0 spiro atoms. The molecule has 106 valence electrons. The summed E-state index contributed by atoms with van der Waals surface area (Å²) in [4.78, 5) is 11.4. The minimum Gasteiger partial charge on any atom is -0.469 e. The minimum absolute atomic E-state index is 0.142. The molecule has 1 fully saturated rings. The van der Waals surface area contributed by atoms with Gasteiger partial charge >= 0.3 is 5.97 Å². The maximum atomic E-state index is 11.4. The Balaban J connectivity index is 2.35. The number of methoxy groups -OCH3 is 1. The highest BCUT2D eigenvalue weighted by atomic mass is 16.5. The lowest BCUT2D eigenvalue weighted by Gasteiger charge is -2.41. The van der Waals surface area contributed by atoms with Crippen LogP contribution in [0.25, 0.3) is 0 Å². The van der Waals surface area contributed by atoms with Crippen molar-refractivity contribution in [3.05, 3.63) is 0 Å². The van der Waals surface area contributed by atoms with Gasteiger partial charge in [-0.1, -0.05) is 33.1 Å². The van der Waals surface area contributed by atoms with Gasteiger partial charge in [0, 0.05) is 0 Å². The lowest BCUT2D eigenvalue weighted by atomic mass is 9.77. The molecular weight excluding hydrogens is 228 g/mol. The van der Waals surface area contributed by atoms with Gasteiger partial charge < -0.3 is 9.47 Å². The van der Waals surface area contributed by atoms with E-state index in [1.165, 1.54) is 32.8 Å². The molecule has 0 bridgehead atoms. The number of carbonyl (C=O) groups is 1. The van der Waals surface area contributed by atoms with Crippen LogP contribution in [0.15, 0.2) is 0 Å². The molecule has 0 heterocycles. The Labute approximate surface area is 111 Å². The average Bonchev–Trinajstić information content (AvgIpc) is 2.35. The molecule has 1 unspecified atom stereocenters. The Morgan fingerprint density at radius 3 is 2.50 bits per heavy atom. The van der Waals surface area contributed by atoms with Crippen LogP contribution in [0.5, 0.6) is 0 Å². The third-order valence-corrected chi connectivity index (χ3v) is 4.13. The molecule has 3 heteroatoms. The van der Waals surface area contributed by atoms with Crippen LogP contribution in [0.1, 0.15) is 65.2 Å². The Morgan fingerprint density at radius 1 is 1.33 bits per heavy atom. The SMILES string of the molecule is CCCCC(CC)COC1(CC(=O)OC)CCC1. The molecule has 0 aromatic carbocycles. The van der Waals surface area contributed by atoms with Crippen LogP contribution in [-0.2, 0) is 14.3 Å². The monoisotopic (exact) mass is 256 g/mol. The number of unbranched alkanes of at least 4 members (excludes halogenated alkanes) is 1. The number of rotatable bonds is 9. The molecule has 0 saturated heterocycles. The molecule has 3 nitrogen and oxygen atoms in total. The Hall–Kier alpha value is -0.570. The van der Waals surface area contributed by atoms with Crippen molar-refractivity contribution >= 4 is 5.97 Å². The second-order valence-corrected chi connectivity index (χ2v) is 5.52. The second kappa shape index (κ2) is 7.78. The van der Waals surface area contributed by atoms with Crippen LogP contribution in [0.3, 0.4) is 0 Å². The summed E-state index contributed by atoms with van der Waals surface area (Å²) >= 11 is 0. The molecule has 0 amide bonds. The summed E-state index contributed by atoms with van der Waals surface area (Å²) in [7, 11) is 1.45. The molecule has 1 aliphatic rings. The van der Waals surface area contributed by atoms with Gasteiger partial charge in [-0.25, -0.2) is 0 Å². The highest BCUT2D eigenvalue weighted by Gasteiger charge is 2.40. The molecule has 18 heavy (non-hydrogen) atoms. The maximum absolute atomic E-state index is 11.4. The Bertz CT molecular complexity index is 246. The summed E-state index contributed by atoms with van der Waals surface area (Å²) in [6.07, 6.45) is 8.51. The van der Waals surface area contributed by atoms with Gasteiger partial charge in [-0.3, -0.25) is 4.79 Å². The summed E-state index contributed by atoms with van der Waals surface area (Å²) in [5.41, 5.74) is -0.202. The van der Waals surface area contributed by atoms with Crippen LogP contribution < -0.4 is 0 Å². The quantitative estimate of drug-likeness (QED) is 0.590. The van der Waals surface area contributed by atoms with Crippen LogP contribution in [-0.4, -0.2) is 25.3 Å². The lowest BCUT2D eigenvalue weighted by Crippen LogP contribution is -2.43. The van der Waals surface area contributed by atoms with Crippen molar-refractivity contribution in [2.45, 2.75) is 70.8 Å². The number of esters is 1. The van der Waals surface area contributed by atoms with Crippen molar-refractivity contribution in [2.75, 3.05) is 13.7 Å². The van der Waals surface area contributed by atoms with Gasteiger partial charge in [-0.05, 0) is 31.6 Å². The fraction of sp³-hybridized carbons (Fsp3) is 0.933. The van der Waals surface area contributed by atoms with Crippen molar-refractivity contribution in [3.63, 3.8) is 0 Å². The fourth-order valence-corrected chi connectivity index (χ4v) is 2.47.